The second-order valence-electron chi connectivity index (χ2n) is 4.93. The van der Waals surface area contributed by atoms with Crippen molar-refractivity contribution in [3.05, 3.63) is 69.8 Å². The van der Waals surface area contributed by atoms with Crippen molar-refractivity contribution >= 4 is 23.4 Å². The van der Waals surface area contributed by atoms with Crippen LogP contribution in [0.5, 0.6) is 0 Å². The molecular weight excluding hydrogens is 270 g/mol. The van der Waals surface area contributed by atoms with E-state index in [-0.39, 0.29) is 39.4 Å². The lowest BCUT2D eigenvalue weighted by atomic mass is 9.80. The van der Waals surface area contributed by atoms with Crippen LogP contribution >= 0.6 is 0 Å². The maximum atomic E-state index is 12.6. The average molecular weight is 277 g/mol. The first-order chi connectivity index (χ1) is 10.1. The second kappa shape index (κ2) is 3.73. The van der Waals surface area contributed by atoms with E-state index in [2.05, 4.69) is 5.32 Å². The Balaban J connectivity index is 2.09. The normalized spacial score (nSPS) is 15.4. The van der Waals surface area contributed by atoms with Gasteiger partial charge in [0.1, 0.15) is 0 Å². The van der Waals surface area contributed by atoms with Gasteiger partial charge in [-0.05, 0) is 12.1 Å². The molecule has 0 atom stereocenters. The molecule has 100 valence electrons. The van der Waals surface area contributed by atoms with Crippen LogP contribution in [0.25, 0.3) is 0 Å². The Kier molecular flexibility index (Phi) is 2.08. The van der Waals surface area contributed by atoms with Crippen molar-refractivity contribution in [1.82, 2.24) is 5.32 Å². The van der Waals surface area contributed by atoms with Crippen LogP contribution in [0.1, 0.15) is 52.6 Å². The minimum absolute atomic E-state index is 0.0763. The van der Waals surface area contributed by atoms with Gasteiger partial charge in [0.25, 0.3) is 11.8 Å². The van der Waals surface area contributed by atoms with Crippen LogP contribution in [0.4, 0.5) is 0 Å². The molecular formula is C16H7NO4. The molecule has 5 heteroatoms. The Morgan fingerprint density at radius 2 is 1.29 bits per heavy atom. The third-order valence-corrected chi connectivity index (χ3v) is 3.76. The number of carbonyl (C=O) groups is 4. The highest BCUT2D eigenvalue weighted by Crippen LogP contribution is 2.31. The van der Waals surface area contributed by atoms with E-state index in [0.717, 1.165) is 0 Å². The monoisotopic (exact) mass is 277 g/mol. The number of hydrogen-bond acceptors (Lipinski definition) is 4. The molecule has 0 fully saturated rings. The zero-order chi connectivity index (χ0) is 14.7. The number of nitrogens with one attached hydrogen (secondary N) is 1. The van der Waals surface area contributed by atoms with Gasteiger partial charge in [-0.1, -0.05) is 24.3 Å². The van der Waals surface area contributed by atoms with Gasteiger partial charge >= 0.3 is 0 Å². The lowest BCUT2D eigenvalue weighted by Crippen LogP contribution is -2.38. The SMILES string of the molecule is O=C1NC(=O)c2cc1cc1c2C(=O)c2ccccc2C1=O. The predicted molar refractivity (Wildman–Crippen MR) is 71.5 cm³/mol. The molecule has 2 amide bonds. The van der Waals surface area contributed by atoms with Crippen LogP contribution < -0.4 is 5.32 Å². The minimum Gasteiger partial charge on any atom is -0.289 e. The molecule has 1 aliphatic carbocycles. The molecule has 2 bridgehead atoms. The Bertz CT molecular complexity index is 895. The van der Waals surface area contributed by atoms with Gasteiger partial charge in [0.05, 0.1) is 5.56 Å². The largest absolute Gasteiger partial charge is 0.289 e. The van der Waals surface area contributed by atoms with Crippen LogP contribution in [0, 0.1) is 0 Å². The van der Waals surface area contributed by atoms with E-state index in [1.54, 1.807) is 24.3 Å². The minimum atomic E-state index is -0.648. The summed E-state index contributed by atoms with van der Waals surface area (Å²) in [7, 11) is 0. The van der Waals surface area contributed by atoms with E-state index >= 15 is 0 Å². The number of ketones is 2. The maximum Gasteiger partial charge on any atom is 0.258 e. The van der Waals surface area contributed by atoms with Crippen LogP contribution in [0.2, 0.25) is 0 Å². The molecule has 0 saturated heterocycles. The Labute approximate surface area is 118 Å². The fourth-order valence-corrected chi connectivity index (χ4v) is 2.78. The summed E-state index contributed by atoms with van der Waals surface area (Å²) >= 11 is 0. The average Bonchev–Trinajstić information content (AvgIpc) is 2.50. The molecule has 0 saturated carbocycles. The summed E-state index contributed by atoms with van der Waals surface area (Å²) in [4.78, 5) is 48.7. The first kappa shape index (κ1) is 11.7. The molecule has 0 unspecified atom stereocenters. The van der Waals surface area contributed by atoms with Gasteiger partial charge < -0.3 is 0 Å². The van der Waals surface area contributed by atoms with Gasteiger partial charge in [0.15, 0.2) is 11.6 Å². The van der Waals surface area contributed by atoms with E-state index in [1.165, 1.54) is 12.1 Å². The molecule has 1 heterocycles. The first-order valence-corrected chi connectivity index (χ1v) is 6.30. The summed E-state index contributed by atoms with van der Waals surface area (Å²) < 4.78 is 0. The lowest BCUT2D eigenvalue weighted by Gasteiger charge is -2.23. The zero-order valence-electron chi connectivity index (χ0n) is 10.6. The van der Waals surface area contributed by atoms with Gasteiger partial charge in [-0.15, -0.1) is 0 Å². The number of hydrogen-bond donors (Lipinski definition) is 1. The van der Waals surface area contributed by atoms with Crippen LogP contribution in [-0.4, -0.2) is 23.4 Å². The van der Waals surface area contributed by atoms with Crippen molar-refractivity contribution in [2.24, 2.45) is 0 Å². The molecule has 5 nitrogen and oxygen atoms in total. The zero-order valence-corrected chi connectivity index (χ0v) is 10.6. The molecule has 0 spiro atoms. The molecule has 2 aromatic rings. The van der Waals surface area contributed by atoms with Crippen LogP contribution in [0.15, 0.2) is 36.4 Å². The molecule has 21 heavy (non-hydrogen) atoms. The number of benzene rings is 2. The summed E-state index contributed by atoms with van der Waals surface area (Å²) in [5.74, 6) is -1.92. The number of fused-ring (bicyclic) bond motifs is 5. The van der Waals surface area contributed by atoms with Crippen molar-refractivity contribution in [2.75, 3.05) is 0 Å². The van der Waals surface area contributed by atoms with E-state index in [0.29, 0.717) is 5.56 Å². The Hall–Kier alpha value is -3.08. The third-order valence-electron chi connectivity index (χ3n) is 3.76. The summed E-state index contributed by atoms with van der Waals surface area (Å²) in [6.07, 6.45) is 0. The molecule has 1 aliphatic heterocycles. The summed E-state index contributed by atoms with van der Waals surface area (Å²) in [6, 6.07) is 9.20. The standard InChI is InChI=1S/C16H7NO4/c18-13-8-3-1-2-4-9(8)14(19)12-10(13)5-7-6-11(12)16(21)17-15(7)20/h1-6H,(H,17,20,21). The molecule has 1 N–H and O–H groups in total. The van der Waals surface area contributed by atoms with Gasteiger partial charge in [-0.3, -0.25) is 24.5 Å². The van der Waals surface area contributed by atoms with Crippen LogP contribution in [-0.2, 0) is 0 Å². The van der Waals surface area contributed by atoms with E-state index < -0.39 is 11.8 Å². The smallest absolute Gasteiger partial charge is 0.258 e. The lowest BCUT2D eigenvalue weighted by molar-refractivity contribution is 0.0834. The topological polar surface area (TPSA) is 80.3 Å². The highest BCUT2D eigenvalue weighted by Gasteiger charge is 2.36. The number of amides is 2. The van der Waals surface area contributed by atoms with Crippen molar-refractivity contribution in [1.29, 1.82) is 0 Å². The number of imide groups is 1. The fraction of sp³-hybridized carbons (Fsp3) is 0. The highest BCUT2D eigenvalue weighted by atomic mass is 16.2. The molecule has 2 aromatic carbocycles. The van der Waals surface area contributed by atoms with E-state index in [1.807, 2.05) is 0 Å². The predicted octanol–water partition coefficient (Wildman–Crippen LogP) is 1.35. The first-order valence-electron chi connectivity index (χ1n) is 6.30. The summed E-state index contributed by atoms with van der Waals surface area (Å²) in [5, 5.41) is 2.16. The molecule has 0 radical (unpaired) electrons. The number of rotatable bonds is 0. The quantitative estimate of drug-likeness (QED) is 0.629. The van der Waals surface area contributed by atoms with Crippen molar-refractivity contribution in [3.63, 3.8) is 0 Å². The fourth-order valence-electron chi connectivity index (χ4n) is 2.78. The third kappa shape index (κ3) is 1.40. The maximum absolute atomic E-state index is 12.6. The van der Waals surface area contributed by atoms with Gasteiger partial charge in [0, 0.05) is 27.8 Å². The highest BCUT2D eigenvalue weighted by molar-refractivity contribution is 6.32. The van der Waals surface area contributed by atoms with Crippen molar-refractivity contribution in [3.8, 4) is 0 Å². The van der Waals surface area contributed by atoms with Gasteiger partial charge in [-0.25, -0.2) is 0 Å². The summed E-state index contributed by atoms with van der Waals surface area (Å²) in [5.41, 5.74) is 1.07. The second-order valence-corrected chi connectivity index (χ2v) is 4.93. The van der Waals surface area contributed by atoms with Gasteiger partial charge in [-0.2, -0.15) is 0 Å². The van der Waals surface area contributed by atoms with E-state index in [9.17, 15) is 19.2 Å². The van der Waals surface area contributed by atoms with Gasteiger partial charge in [0.2, 0.25) is 0 Å². The Morgan fingerprint density at radius 3 is 2.00 bits per heavy atom. The molecule has 2 aliphatic rings. The molecule has 4 rings (SSSR count). The Morgan fingerprint density at radius 1 is 0.667 bits per heavy atom. The molecule has 0 aromatic heterocycles. The van der Waals surface area contributed by atoms with Crippen LogP contribution in [0.3, 0.4) is 0 Å². The summed E-state index contributed by atoms with van der Waals surface area (Å²) in [6.45, 7) is 0. The van der Waals surface area contributed by atoms with E-state index in [4.69, 9.17) is 0 Å². The van der Waals surface area contributed by atoms with Crippen molar-refractivity contribution < 1.29 is 19.2 Å². The van der Waals surface area contributed by atoms with Crippen molar-refractivity contribution in [2.45, 2.75) is 0 Å². The number of carbonyl (C=O) groups excluding carboxylic acids is 4.